The molecule has 2 aromatic heterocycles. The Bertz CT molecular complexity index is 719. The van der Waals surface area contributed by atoms with E-state index in [1.807, 2.05) is 24.3 Å². The molecule has 0 saturated heterocycles. The van der Waals surface area contributed by atoms with Crippen LogP contribution in [0.25, 0.3) is 10.2 Å². The van der Waals surface area contributed by atoms with Crippen molar-refractivity contribution in [2.45, 2.75) is 6.61 Å². The molecule has 1 N–H and O–H groups in total. The molecule has 0 aliphatic heterocycles. The van der Waals surface area contributed by atoms with E-state index in [0.29, 0.717) is 12.4 Å². The van der Waals surface area contributed by atoms with Crippen LogP contribution in [0.5, 0.6) is 5.75 Å². The number of carboxylic acid groups (broad SMARTS) is 1. The van der Waals surface area contributed by atoms with E-state index in [1.54, 1.807) is 17.4 Å². The minimum atomic E-state index is -1.05. The average molecular weight is 286 g/mol. The zero-order valence-corrected chi connectivity index (χ0v) is 11.1. The molecule has 0 fully saturated rings. The number of benzene rings is 1. The lowest BCUT2D eigenvalue weighted by Crippen LogP contribution is -2.00. The molecular weight excluding hydrogens is 276 g/mol. The third-order valence-corrected chi connectivity index (χ3v) is 3.67. The first-order chi connectivity index (χ1) is 9.72. The Balaban J connectivity index is 1.71. The SMILES string of the molecule is O=C(O)c1ccc(OCc2nc3ccccc3s2)cn1. The van der Waals surface area contributed by atoms with E-state index in [4.69, 9.17) is 9.84 Å². The van der Waals surface area contributed by atoms with E-state index < -0.39 is 5.97 Å². The highest BCUT2D eigenvalue weighted by Crippen LogP contribution is 2.22. The maximum Gasteiger partial charge on any atom is 0.354 e. The molecule has 5 nitrogen and oxygen atoms in total. The van der Waals surface area contributed by atoms with Crippen LogP contribution in [0.2, 0.25) is 0 Å². The largest absolute Gasteiger partial charge is 0.485 e. The Labute approximate surface area is 118 Å². The summed E-state index contributed by atoms with van der Waals surface area (Å²) in [5.74, 6) is -0.531. The maximum absolute atomic E-state index is 10.7. The molecular formula is C14H10N2O3S. The molecule has 0 unspecified atom stereocenters. The van der Waals surface area contributed by atoms with Crippen LogP contribution in [0.3, 0.4) is 0 Å². The standard InChI is InChI=1S/C14H10N2O3S/c17-14(18)11-6-5-9(7-15-11)19-8-13-16-10-3-1-2-4-12(10)20-13/h1-7H,8H2,(H,17,18). The van der Waals surface area contributed by atoms with E-state index in [-0.39, 0.29) is 5.69 Å². The van der Waals surface area contributed by atoms with Gasteiger partial charge in [-0.05, 0) is 24.3 Å². The van der Waals surface area contributed by atoms with Crippen LogP contribution >= 0.6 is 11.3 Å². The number of fused-ring (bicyclic) bond motifs is 1. The second-order valence-corrected chi connectivity index (χ2v) is 5.16. The minimum Gasteiger partial charge on any atom is -0.485 e. The predicted octanol–water partition coefficient (Wildman–Crippen LogP) is 2.97. The summed E-state index contributed by atoms with van der Waals surface area (Å²) in [5.41, 5.74) is 0.952. The average Bonchev–Trinajstić information content (AvgIpc) is 2.88. The van der Waals surface area contributed by atoms with Gasteiger partial charge in [0.2, 0.25) is 0 Å². The quantitative estimate of drug-likeness (QED) is 0.798. The number of carbonyl (C=O) groups is 1. The van der Waals surface area contributed by atoms with Crippen molar-refractivity contribution >= 4 is 27.5 Å². The van der Waals surface area contributed by atoms with Crippen LogP contribution in [0.15, 0.2) is 42.6 Å². The third kappa shape index (κ3) is 2.60. The number of nitrogens with zero attached hydrogens (tertiary/aromatic N) is 2. The number of hydrogen-bond acceptors (Lipinski definition) is 5. The molecule has 0 aliphatic carbocycles. The van der Waals surface area contributed by atoms with Crippen molar-refractivity contribution in [3.8, 4) is 5.75 Å². The monoisotopic (exact) mass is 286 g/mol. The molecule has 0 aliphatic rings. The van der Waals surface area contributed by atoms with Crippen LogP contribution in [-0.2, 0) is 6.61 Å². The zero-order chi connectivity index (χ0) is 13.9. The Morgan fingerprint density at radius 3 is 2.80 bits per heavy atom. The Kier molecular flexibility index (Phi) is 3.30. The fourth-order valence-corrected chi connectivity index (χ4v) is 2.60. The second kappa shape index (κ2) is 5.26. The summed E-state index contributed by atoms with van der Waals surface area (Å²) in [7, 11) is 0. The molecule has 0 spiro atoms. The van der Waals surface area contributed by atoms with Crippen LogP contribution in [0.4, 0.5) is 0 Å². The lowest BCUT2D eigenvalue weighted by atomic mass is 10.3. The number of rotatable bonds is 4. The molecule has 0 saturated carbocycles. The van der Waals surface area contributed by atoms with E-state index in [0.717, 1.165) is 15.2 Å². The molecule has 0 radical (unpaired) electrons. The number of aromatic nitrogens is 2. The van der Waals surface area contributed by atoms with Gasteiger partial charge >= 0.3 is 5.97 Å². The maximum atomic E-state index is 10.7. The lowest BCUT2D eigenvalue weighted by Gasteiger charge is -2.03. The molecule has 3 rings (SSSR count). The first-order valence-electron chi connectivity index (χ1n) is 5.89. The number of para-hydroxylation sites is 1. The number of aromatic carboxylic acids is 1. The van der Waals surface area contributed by atoms with E-state index in [9.17, 15) is 4.79 Å². The van der Waals surface area contributed by atoms with Crippen molar-refractivity contribution in [1.29, 1.82) is 0 Å². The Morgan fingerprint density at radius 1 is 1.25 bits per heavy atom. The fourth-order valence-electron chi connectivity index (χ4n) is 1.72. The van der Waals surface area contributed by atoms with Gasteiger partial charge in [-0.3, -0.25) is 0 Å². The topological polar surface area (TPSA) is 72.3 Å². The van der Waals surface area contributed by atoms with Crippen LogP contribution in [0.1, 0.15) is 15.5 Å². The molecule has 100 valence electrons. The minimum absolute atomic E-state index is 0.00247. The summed E-state index contributed by atoms with van der Waals surface area (Å²) in [6.07, 6.45) is 1.40. The van der Waals surface area contributed by atoms with E-state index >= 15 is 0 Å². The molecule has 1 aromatic carbocycles. The van der Waals surface area contributed by atoms with Crippen molar-refractivity contribution < 1.29 is 14.6 Å². The third-order valence-electron chi connectivity index (χ3n) is 2.66. The summed E-state index contributed by atoms with van der Waals surface area (Å²) >= 11 is 1.57. The van der Waals surface area contributed by atoms with Gasteiger partial charge in [0.25, 0.3) is 0 Å². The number of ether oxygens (including phenoxy) is 1. The summed E-state index contributed by atoms with van der Waals surface area (Å²) in [6, 6.07) is 10.9. The fraction of sp³-hybridized carbons (Fsp3) is 0.0714. The highest BCUT2D eigenvalue weighted by atomic mass is 32.1. The van der Waals surface area contributed by atoms with Gasteiger partial charge in [0.15, 0.2) is 0 Å². The van der Waals surface area contributed by atoms with Gasteiger partial charge in [0, 0.05) is 0 Å². The molecule has 6 heteroatoms. The van der Waals surface area contributed by atoms with Crippen molar-refractivity contribution in [3.05, 3.63) is 53.3 Å². The number of pyridine rings is 1. The van der Waals surface area contributed by atoms with Crippen molar-refractivity contribution in [2.75, 3.05) is 0 Å². The van der Waals surface area contributed by atoms with Gasteiger partial charge in [0.05, 0.1) is 16.4 Å². The number of thiazole rings is 1. The van der Waals surface area contributed by atoms with Crippen LogP contribution < -0.4 is 4.74 Å². The summed E-state index contributed by atoms with van der Waals surface area (Å²) in [4.78, 5) is 18.9. The van der Waals surface area contributed by atoms with Gasteiger partial charge in [-0.15, -0.1) is 11.3 Å². The van der Waals surface area contributed by atoms with E-state index in [1.165, 1.54) is 12.3 Å². The summed E-state index contributed by atoms with van der Waals surface area (Å²) < 4.78 is 6.66. The van der Waals surface area contributed by atoms with Crippen molar-refractivity contribution in [2.24, 2.45) is 0 Å². The van der Waals surface area contributed by atoms with Gasteiger partial charge in [-0.2, -0.15) is 0 Å². The molecule has 3 aromatic rings. The highest BCUT2D eigenvalue weighted by molar-refractivity contribution is 7.18. The van der Waals surface area contributed by atoms with E-state index in [2.05, 4.69) is 9.97 Å². The number of hydrogen-bond donors (Lipinski definition) is 1. The highest BCUT2D eigenvalue weighted by Gasteiger charge is 2.06. The van der Waals surface area contributed by atoms with Gasteiger partial charge in [-0.1, -0.05) is 12.1 Å². The Morgan fingerprint density at radius 2 is 2.10 bits per heavy atom. The lowest BCUT2D eigenvalue weighted by molar-refractivity contribution is 0.0690. The van der Waals surface area contributed by atoms with Crippen molar-refractivity contribution in [3.63, 3.8) is 0 Å². The molecule has 0 atom stereocenters. The first-order valence-corrected chi connectivity index (χ1v) is 6.70. The molecule has 0 amide bonds. The number of carboxylic acids is 1. The second-order valence-electron chi connectivity index (χ2n) is 4.05. The first kappa shape index (κ1) is 12.6. The molecule has 2 heterocycles. The smallest absolute Gasteiger partial charge is 0.354 e. The Hall–Kier alpha value is -2.47. The van der Waals surface area contributed by atoms with Gasteiger partial charge in [-0.25, -0.2) is 14.8 Å². The molecule has 20 heavy (non-hydrogen) atoms. The van der Waals surface area contributed by atoms with Gasteiger partial charge in [0.1, 0.15) is 23.1 Å². The van der Waals surface area contributed by atoms with Crippen LogP contribution in [0, 0.1) is 0 Å². The zero-order valence-electron chi connectivity index (χ0n) is 10.3. The van der Waals surface area contributed by atoms with Gasteiger partial charge < -0.3 is 9.84 Å². The van der Waals surface area contributed by atoms with Crippen molar-refractivity contribution in [1.82, 2.24) is 9.97 Å². The molecule has 0 bridgehead atoms. The summed E-state index contributed by atoms with van der Waals surface area (Å²) in [5, 5.41) is 9.62. The summed E-state index contributed by atoms with van der Waals surface area (Å²) in [6.45, 7) is 0.341. The predicted molar refractivity (Wildman–Crippen MR) is 75.1 cm³/mol. The normalized spacial score (nSPS) is 10.6. The van der Waals surface area contributed by atoms with Crippen LogP contribution in [-0.4, -0.2) is 21.0 Å².